The first-order valence-electron chi connectivity index (χ1n) is 5.29. The summed E-state index contributed by atoms with van der Waals surface area (Å²) in [4.78, 5) is 25.2. The van der Waals surface area contributed by atoms with Crippen molar-refractivity contribution in [2.75, 3.05) is 31.7 Å². The van der Waals surface area contributed by atoms with Crippen molar-refractivity contribution in [2.24, 2.45) is 0 Å². The number of hydrogen-bond donors (Lipinski definition) is 2. The fourth-order valence-corrected chi connectivity index (χ4v) is 1.04. The molecule has 0 saturated heterocycles. The third-order valence-electron chi connectivity index (χ3n) is 1.74. The van der Waals surface area contributed by atoms with E-state index in [0.717, 1.165) is 0 Å². The van der Waals surface area contributed by atoms with Crippen molar-refractivity contribution in [3.8, 4) is 0 Å². The smallest absolute Gasteiger partial charge is 0.360 e. The number of aliphatic carboxylic acids is 1. The highest BCUT2D eigenvalue weighted by Crippen LogP contribution is 2.08. The highest BCUT2D eigenvalue weighted by Gasteiger charge is 2.12. The first-order chi connectivity index (χ1) is 8.63. The summed E-state index contributed by atoms with van der Waals surface area (Å²) in [6, 6.07) is 0.150. The van der Waals surface area contributed by atoms with E-state index in [1.807, 2.05) is 0 Å². The average molecular weight is 258 g/mol. The van der Waals surface area contributed by atoms with Crippen LogP contribution in [0.15, 0.2) is 10.7 Å². The van der Waals surface area contributed by atoms with Crippen molar-refractivity contribution in [2.45, 2.75) is 6.92 Å². The number of aromatic nitrogens is 1. The Morgan fingerprint density at radius 1 is 1.56 bits per heavy atom. The number of carbonyl (C=O) groups is 2. The lowest BCUT2D eigenvalue weighted by Gasteiger charge is -2.01. The molecule has 1 rings (SSSR count). The molecule has 8 nitrogen and oxygen atoms in total. The van der Waals surface area contributed by atoms with Crippen molar-refractivity contribution in [3.63, 3.8) is 0 Å². The lowest BCUT2D eigenvalue weighted by atomic mass is 10.5. The van der Waals surface area contributed by atoms with Gasteiger partial charge in [-0.25, -0.2) is 9.59 Å². The normalized spacial score (nSPS) is 10.1. The first kappa shape index (κ1) is 14.0. The molecule has 0 atom stereocenters. The van der Waals surface area contributed by atoms with Crippen LogP contribution in [0.25, 0.3) is 0 Å². The predicted octanol–water partition coefficient (Wildman–Crippen LogP) is 0.364. The topological polar surface area (TPSA) is 111 Å². The summed E-state index contributed by atoms with van der Waals surface area (Å²) in [6.45, 7) is 2.09. The van der Waals surface area contributed by atoms with Gasteiger partial charge in [0.1, 0.15) is 12.9 Å². The van der Waals surface area contributed by atoms with Gasteiger partial charge in [0.05, 0.1) is 13.2 Å². The number of carboxylic acids is 1. The molecule has 0 spiro atoms. The van der Waals surface area contributed by atoms with Crippen LogP contribution >= 0.6 is 0 Å². The van der Waals surface area contributed by atoms with E-state index in [9.17, 15) is 9.59 Å². The van der Waals surface area contributed by atoms with E-state index in [4.69, 9.17) is 19.0 Å². The molecule has 1 heterocycles. The second-order valence-corrected chi connectivity index (χ2v) is 3.13. The zero-order valence-corrected chi connectivity index (χ0v) is 9.84. The SMILES string of the molecule is CCOC(=O)c1coc(NCCOCC(=O)O)n1. The number of ether oxygens (including phenoxy) is 2. The molecule has 18 heavy (non-hydrogen) atoms. The number of rotatable bonds is 8. The van der Waals surface area contributed by atoms with Crippen LogP contribution in [-0.2, 0) is 14.3 Å². The Bertz CT molecular complexity index is 403. The van der Waals surface area contributed by atoms with Gasteiger partial charge in [-0.3, -0.25) is 0 Å². The summed E-state index contributed by atoms with van der Waals surface area (Å²) in [7, 11) is 0. The molecule has 0 radical (unpaired) electrons. The quantitative estimate of drug-likeness (QED) is 0.508. The van der Waals surface area contributed by atoms with Gasteiger partial charge < -0.3 is 24.3 Å². The number of nitrogens with zero attached hydrogens (tertiary/aromatic N) is 1. The van der Waals surface area contributed by atoms with Crippen molar-refractivity contribution in [1.29, 1.82) is 0 Å². The second-order valence-electron chi connectivity index (χ2n) is 3.13. The Kier molecular flexibility index (Phi) is 5.65. The second kappa shape index (κ2) is 7.28. The molecule has 0 aliphatic rings. The summed E-state index contributed by atoms with van der Waals surface area (Å²) in [5.41, 5.74) is 0.0748. The fourth-order valence-electron chi connectivity index (χ4n) is 1.04. The van der Waals surface area contributed by atoms with Crippen LogP contribution < -0.4 is 5.32 Å². The van der Waals surface area contributed by atoms with E-state index in [1.54, 1.807) is 6.92 Å². The highest BCUT2D eigenvalue weighted by atomic mass is 16.5. The molecule has 0 unspecified atom stereocenters. The largest absolute Gasteiger partial charge is 0.480 e. The number of carboxylic acid groups (broad SMARTS) is 1. The van der Waals surface area contributed by atoms with Crippen LogP contribution in [0.2, 0.25) is 0 Å². The van der Waals surface area contributed by atoms with Gasteiger partial charge in [0.25, 0.3) is 6.01 Å². The van der Waals surface area contributed by atoms with Gasteiger partial charge in [-0.05, 0) is 6.92 Å². The van der Waals surface area contributed by atoms with Gasteiger partial charge >= 0.3 is 11.9 Å². The van der Waals surface area contributed by atoms with Gasteiger partial charge in [0.15, 0.2) is 5.69 Å². The maximum absolute atomic E-state index is 11.2. The average Bonchev–Trinajstić information content (AvgIpc) is 2.77. The Labute approximate surface area is 103 Å². The molecule has 1 aromatic rings. The van der Waals surface area contributed by atoms with Gasteiger partial charge in [-0.1, -0.05) is 0 Å². The lowest BCUT2D eigenvalue weighted by molar-refractivity contribution is -0.142. The van der Waals surface area contributed by atoms with Crippen LogP contribution in [0.5, 0.6) is 0 Å². The molecule has 1 aromatic heterocycles. The molecule has 0 aliphatic carbocycles. The van der Waals surface area contributed by atoms with E-state index in [-0.39, 0.29) is 31.5 Å². The zero-order valence-electron chi connectivity index (χ0n) is 9.84. The number of oxazole rings is 1. The molecule has 0 aromatic carbocycles. The summed E-state index contributed by atoms with van der Waals surface area (Å²) < 4.78 is 14.5. The molecular formula is C10H14N2O6. The van der Waals surface area contributed by atoms with E-state index >= 15 is 0 Å². The lowest BCUT2D eigenvalue weighted by Crippen LogP contribution is -2.14. The van der Waals surface area contributed by atoms with Gasteiger partial charge in [-0.15, -0.1) is 0 Å². The molecule has 0 aliphatic heterocycles. The molecule has 2 N–H and O–H groups in total. The zero-order chi connectivity index (χ0) is 13.4. The summed E-state index contributed by atoms with van der Waals surface area (Å²) >= 11 is 0. The molecule has 0 amide bonds. The minimum absolute atomic E-state index is 0.0748. The third kappa shape index (κ3) is 4.83. The molecule has 100 valence electrons. The van der Waals surface area contributed by atoms with Crippen molar-refractivity contribution < 1.29 is 28.6 Å². The van der Waals surface area contributed by atoms with Crippen molar-refractivity contribution in [1.82, 2.24) is 4.98 Å². The Balaban J connectivity index is 2.27. The number of hydrogen-bond acceptors (Lipinski definition) is 7. The monoisotopic (exact) mass is 258 g/mol. The Morgan fingerprint density at radius 2 is 2.33 bits per heavy atom. The summed E-state index contributed by atoms with van der Waals surface area (Å²) in [6.07, 6.45) is 1.18. The standard InChI is InChI=1S/C10H14N2O6/c1-2-17-9(15)7-5-18-10(12-7)11-3-4-16-6-8(13)14/h5H,2-4,6H2,1H3,(H,11,12)(H,13,14). The van der Waals surface area contributed by atoms with Gasteiger partial charge in [0, 0.05) is 6.54 Å². The molecule has 8 heteroatoms. The van der Waals surface area contributed by atoms with Crippen LogP contribution in [0, 0.1) is 0 Å². The van der Waals surface area contributed by atoms with Crippen LogP contribution in [0.3, 0.4) is 0 Å². The van der Waals surface area contributed by atoms with Crippen LogP contribution in [0.1, 0.15) is 17.4 Å². The molecule has 0 bridgehead atoms. The minimum Gasteiger partial charge on any atom is -0.480 e. The summed E-state index contributed by atoms with van der Waals surface area (Å²) in [5, 5.41) is 11.0. The van der Waals surface area contributed by atoms with E-state index in [0.29, 0.717) is 6.54 Å². The van der Waals surface area contributed by atoms with Crippen LogP contribution in [-0.4, -0.2) is 48.4 Å². The van der Waals surface area contributed by atoms with E-state index < -0.39 is 11.9 Å². The molecule has 0 saturated carbocycles. The van der Waals surface area contributed by atoms with Gasteiger partial charge in [-0.2, -0.15) is 4.98 Å². The molecule has 0 fully saturated rings. The van der Waals surface area contributed by atoms with Crippen LogP contribution in [0.4, 0.5) is 6.01 Å². The predicted molar refractivity (Wildman–Crippen MR) is 59.4 cm³/mol. The van der Waals surface area contributed by atoms with Crippen molar-refractivity contribution in [3.05, 3.63) is 12.0 Å². The van der Waals surface area contributed by atoms with Crippen molar-refractivity contribution >= 4 is 18.0 Å². The number of esters is 1. The maximum atomic E-state index is 11.2. The summed E-state index contributed by atoms with van der Waals surface area (Å²) in [5.74, 6) is -1.59. The minimum atomic E-state index is -1.03. The van der Waals surface area contributed by atoms with E-state index in [2.05, 4.69) is 10.3 Å². The molecular weight excluding hydrogens is 244 g/mol. The number of carbonyl (C=O) groups excluding carboxylic acids is 1. The maximum Gasteiger partial charge on any atom is 0.360 e. The first-order valence-corrected chi connectivity index (χ1v) is 5.29. The number of anilines is 1. The highest BCUT2D eigenvalue weighted by molar-refractivity contribution is 5.87. The van der Waals surface area contributed by atoms with Gasteiger partial charge in [0.2, 0.25) is 0 Å². The Morgan fingerprint density at radius 3 is 3.00 bits per heavy atom. The van der Waals surface area contributed by atoms with E-state index in [1.165, 1.54) is 6.26 Å². The Hall–Kier alpha value is -2.09. The number of nitrogens with one attached hydrogen (secondary N) is 1. The third-order valence-corrected chi connectivity index (χ3v) is 1.74. The fraction of sp³-hybridized carbons (Fsp3) is 0.500.